The first kappa shape index (κ1) is 19.6. The van der Waals surface area contributed by atoms with Crippen LogP contribution in [-0.2, 0) is 10.7 Å². The Bertz CT molecular complexity index is 721. The molecule has 0 aromatic carbocycles. The van der Waals surface area contributed by atoms with Gasteiger partial charge in [0, 0.05) is 49.2 Å². The maximum Gasteiger partial charge on any atom is 0.272 e. The first-order chi connectivity index (χ1) is 13.1. The molecule has 2 aliphatic carbocycles. The van der Waals surface area contributed by atoms with E-state index in [1.807, 2.05) is 4.90 Å². The summed E-state index contributed by atoms with van der Waals surface area (Å²) in [6.45, 7) is 4.24. The fourth-order valence-corrected chi connectivity index (χ4v) is 4.87. The molecule has 3 aliphatic rings. The summed E-state index contributed by atoms with van der Waals surface area (Å²) in [5.41, 5.74) is -0.587. The summed E-state index contributed by atoms with van der Waals surface area (Å²) in [5.74, 6) is -2.34. The summed E-state index contributed by atoms with van der Waals surface area (Å²) in [6.07, 6.45) is 6.11. The Kier molecular flexibility index (Phi) is 4.64. The van der Waals surface area contributed by atoms with Crippen molar-refractivity contribution < 1.29 is 23.4 Å². The van der Waals surface area contributed by atoms with Crippen LogP contribution in [0.1, 0.15) is 57.9 Å². The van der Waals surface area contributed by atoms with Gasteiger partial charge in [-0.25, -0.2) is 13.8 Å². The van der Waals surface area contributed by atoms with Gasteiger partial charge >= 0.3 is 0 Å². The molecule has 1 aliphatic heterocycles. The molecule has 4 rings (SSSR count). The monoisotopic (exact) mass is 394 g/mol. The average Bonchev–Trinajstić information content (AvgIpc) is 2.57. The normalized spacial score (nSPS) is 29.9. The lowest BCUT2D eigenvalue weighted by molar-refractivity contribution is -0.164. The average molecular weight is 394 g/mol. The highest BCUT2D eigenvalue weighted by Crippen LogP contribution is 2.47. The van der Waals surface area contributed by atoms with Gasteiger partial charge in [0.25, 0.3) is 5.92 Å². The molecular weight excluding hydrogens is 366 g/mol. The van der Waals surface area contributed by atoms with E-state index in [-0.39, 0.29) is 28.9 Å². The van der Waals surface area contributed by atoms with Crippen LogP contribution in [0.4, 0.5) is 8.78 Å². The Morgan fingerprint density at radius 2 is 1.93 bits per heavy atom. The van der Waals surface area contributed by atoms with Crippen LogP contribution in [0.15, 0.2) is 18.3 Å². The molecule has 0 atom stereocenters. The molecule has 0 radical (unpaired) electrons. The number of pyridine rings is 1. The van der Waals surface area contributed by atoms with Crippen LogP contribution >= 0.6 is 0 Å². The quantitative estimate of drug-likeness (QED) is 0.849. The number of ether oxygens (including phenoxy) is 1. The van der Waals surface area contributed by atoms with Crippen LogP contribution in [0, 0.1) is 11.3 Å². The lowest BCUT2D eigenvalue weighted by Gasteiger charge is -2.55. The van der Waals surface area contributed by atoms with Gasteiger partial charge in [0.1, 0.15) is 6.10 Å². The molecule has 28 heavy (non-hydrogen) atoms. The van der Waals surface area contributed by atoms with E-state index < -0.39 is 11.5 Å². The number of alkyl halides is 2. The molecular formula is C21H28F2N2O3. The minimum absolute atomic E-state index is 0.0171. The number of halogens is 2. The van der Waals surface area contributed by atoms with E-state index in [4.69, 9.17) is 4.74 Å². The molecule has 2 saturated carbocycles. The van der Waals surface area contributed by atoms with Crippen LogP contribution in [0.5, 0.6) is 5.88 Å². The van der Waals surface area contributed by atoms with Gasteiger partial charge in [-0.1, -0.05) is 0 Å². The van der Waals surface area contributed by atoms with Crippen molar-refractivity contribution in [3.63, 3.8) is 0 Å². The molecule has 0 bridgehead atoms. The minimum atomic E-state index is -2.90. The van der Waals surface area contributed by atoms with Crippen molar-refractivity contribution in [2.75, 3.05) is 13.1 Å². The third kappa shape index (κ3) is 3.86. The van der Waals surface area contributed by atoms with E-state index in [0.29, 0.717) is 18.7 Å². The van der Waals surface area contributed by atoms with Gasteiger partial charge in [-0.05, 0) is 51.5 Å². The topological polar surface area (TPSA) is 62.7 Å². The number of likely N-dealkylation sites (tertiary alicyclic amines) is 1. The van der Waals surface area contributed by atoms with Gasteiger partial charge in [0.2, 0.25) is 11.8 Å². The number of hydrogen-bond acceptors (Lipinski definition) is 4. The predicted octanol–water partition coefficient (Wildman–Crippen LogP) is 3.50. The van der Waals surface area contributed by atoms with Crippen molar-refractivity contribution in [2.45, 2.75) is 70.0 Å². The highest BCUT2D eigenvalue weighted by Gasteiger charge is 2.51. The number of carbonyl (C=O) groups is 1. The summed E-state index contributed by atoms with van der Waals surface area (Å²) >= 11 is 0. The van der Waals surface area contributed by atoms with Crippen LogP contribution in [0.25, 0.3) is 0 Å². The molecule has 1 N–H and O–H groups in total. The standard InChI is InChI=1S/C21H28F2N2O3/c1-19(27)9-14(10-19)18(26)25-12-21(13-25)7-5-16(6-8-21)28-17-4-3-15(11-24-17)20(2,22)23/h3-4,11,14,16,27H,5-10,12-13H2,1-2H3. The van der Waals surface area contributed by atoms with Crippen LogP contribution < -0.4 is 4.74 Å². The molecule has 1 amide bonds. The lowest BCUT2D eigenvalue weighted by atomic mass is 9.66. The van der Waals surface area contributed by atoms with Gasteiger partial charge in [-0.3, -0.25) is 4.79 Å². The first-order valence-corrected chi connectivity index (χ1v) is 10.1. The Hall–Kier alpha value is -1.76. The Balaban J connectivity index is 1.23. The van der Waals surface area contributed by atoms with E-state index in [1.165, 1.54) is 18.3 Å². The van der Waals surface area contributed by atoms with E-state index in [2.05, 4.69) is 4.98 Å². The Morgan fingerprint density at radius 1 is 1.29 bits per heavy atom. The zero-order valence-electron chi connectivity index (χ0n) is 16.5. The van der Waals surface area contributed by atoms with Gasteiger partial charge in [0.15, 0.2) is 0 Å². The summed E-state index contributed by atoms with van der Waals surface area (Å²) in [4.78, 5) is 18.4. The lowest BCUT2D eigenvalue weighted by Crippen LogP contribution is -2.63. The number of carbonyl (C=O) groups excluding carboxylic acids is 1. The molecule has 2 heterocycles. The van der Waals surface area contributed by atoms with E-state index >= 15 is 0 Å². The number of hydrogen-bond donors (Lipinski definition) is 1. The SMILES string of the molecule is CC1(O)CC(C(=O)N2CC3(CCC(Oc4ccc(C(C)(F)F)cn4)CC3)C2)C1. The van der Waals surface area contributed by atoms with E-state index in [0.717, 1.165) is 45.7 Å². The van der Waals surface area contributed by atoms with Gasteiger partial charge in [0.05, 0.1) is 5.60 Å². The number of aliphatic hydroxyl groups is 1. The minimum Gasteiger partial charge on any atom is -0.474 e. The summed E-state index contributed by atoms with van der Waals surface area (Å²) < 4.78 is 32.4. The highest BCUT2D eigenvalue weighted by molar-refractivity contribution is 5.81. The molecule has 3 fully saturated rings. The highest BCUT2D eigenvalue weighted by atomic mass is 19.3. The maximum atomic E-state index is 13.3. The molecule has 1 aromatic heterocycles. The van der Waals surface area contributed by atoms with Crippen molar-refractivity contribution >= 4 is 5.91 Å². The van der Waals surface area contributed by atoms with Crippen LogP contribution in [0.2, 0.25) is 0 Å². The first-order valence-electron chi connectivity index (χ1n) is 10.1. The van der Waals surface area contributed by atoms with Gasteiger partial charge in [-0.15, -0.1) is 0 Å². The number of amides is 1. The fourth-order valence-electron chi connectivity index (χ4n) is 4.87. The Morgan fingerprint density at radius 3 is 2.43 bits per heavy atom. The zero-order valence-corrected chi connectivity index (χ0v) is 16.5. The van der Waals surface area contributed by atoms with Crippen molar-refractivity contribution in [1.29, 1.82) is 0 Å². The number of rotatable bonds is 4. The van der Waals surface area contributed by atoms with Gasteiger partial charge < -0.3 is 14.7 Å². The number of nitrogens with zero attached hydrogens (tertiary/aromatic N) is 2. The van der Waals surface area contributed by atoms with E-state index in [9.17, 15) is 18.7 Å². The third-order valence-corrected chi connectivity index (χ3v) is 6.61. The van der Waals surface area contributed by atoms with Crippen molar-refractivity contribution in [1.82, 2.24) is 9.88 Å². The summed E-state index contributed by atoms with van der Waals surface area (Å²) in [5, 5.41) is 9.83. The van der Waals surface area contributed by atoms with Crippen molar-refractivity contribution in [2.24, 2.45) is 11.3 Å². The predicted molar refractivity (Wildman–Crippen MR) is 99.0 cm³/mol. The fraction of sp³-hybridized carbons (Fsp3) is 0.714. The van der Waals surface area contributed by atoms with Crippen molar-refractivity contribution in [3.05, 3.63) is 23.9 Å². The van der Waals surface area contributed by atoms with Crippen LogP contribution in [0.3, 0.4) is 0 Å². The molecule has 0 unspecified atom stereocenters. The molecule has 5 nitrogen and oxygen atoms in total. The molecule has 1 saturated heterocycles. The largest absolute Gasteiger partial charge is 0.474 e. The second-order valence-electron chi connectivity index (χ2n) is 9.39. The molecule has 154 valence electrons. The maximum absolute atomic E-state index is 13.3. The second kappa shape index (κ2) is 6.65. The zero-order chi connectivity index (χ0) is 20.2. The third-order valence-electron chi connectivity index (χ3n) is 6.61. The molecule has 7 heteroatoms. The molecule has 1 aromatic rings. The van der Waals surface area contributed by atoms with Gasteiger partial charge in [-0.2, -0.15) is 0 Å². The van der Waals surface area contributed by atoms with Crippen molar-refractivity contribution in [3.8, 4) is 5.88 Å². The second-order valence-corrected chi connectivity index (χ2v) is 9.39. The number of aromatic nitrogens is 1. The van der Waals surface area contributed by atoms with E-state index in [1.54, 1.807) is 6.92 Å². The molecule has 1 spiro atoms. The smallest absolute Gasteiger partial charge is 0.272 e. The Labute approximate surface area is 164 Å². The summed E-state index contributed by atoms with van der Waals surface area (Å²) in [6, 6.07) is 2.87. The van der Waals surface area contributed by atoms with Crippen LogP contribution in [-0.4, -0.2) is 45.7 Å². The summed E-state index contributed by atoms with van der Waals surface area (Å²) in [7, 11) is 0.